The summed E-state index contributed by atoms with van der Waals surface area (Å²) >= 11 is 11.5. The monoisotopic (exact) mass is 231 g/mol. The number of halogens is 2. The van der Waals surface area contributed by atoms with Crippen LogP contribution in [0.5, 0.6) is 0 Å². The van der Waals surface area contributed by atoms with Crippen molar-refractivity contribution >= 4 is 40.9 Å². The highest BCUT2D eigenvalue weighted by atomic mass is 35.5. The predicted octanol–water partition coefficient (Wildman–Crippen LogP) is 2.67. The van der Waals surface area contributed by atoms with Crippen LogP contribution in [0.1, 0.15) is 5.56 Å². The first-order valence-electron chi connectivity index (χ1n) is 3.66. The summed E-state index contributed by atoms with van der Waals surface area (Å²) < 4.78 is 0. The lowest BCUT2D eigenvalue weighted by Gasteiger charge is -2.02. The molecule has 14 heavy (non-hydrogen) atoms. The van der Waals surface area contributed by atoms with Crippen molar-refractivity contribution in [2.45, 2.75) is 0 Å². The molecule has 74 valence electrons. The maximum atomic E-state index is 10.2. The molecule has 0 radical (unpaired) electrons. The lowest BCUT2D eigenvalue weighted by atomic mass is 10.2. The summed E-state index contributed by atoms with van der Waals surface area (Å²) in [6.45, 7) is 0. The second-order valence-corrected chi connectivity index (χ2v) is 3.38. The molecule has 5 heteroatoms. The van der Waals surface area contributed by atoms with E-state index < -0.39 is 5.97 Å². The number of aliphatic carboxylic acids is 1. The van der Waals surface area contributed by atoms with Crippen molar-refractivity contribution in [1.29, 1.82) is 0 Å². The first kappa shape index (κ1) is 10.9. The molecule has 1 aromatic rings. The van der Waals surface area contributed by atoms with Gasteiger partial charge in [-0.05, 0) is 23.8 Å². The van der Waals surface area contributed by atoms with Gasteiger partial charge in [0.15, 0.2) is 0 Å². The average Bonchev–Trinajstić information content (AvgIpc) is 2.10. The molecule has 0 saturated carbocycles. The molecule has 0 aliphatic carbocycles. The molecule has 0 bridgehead atoms. The molecule has 0 aliphatic heterocycles. The van der Waals surface area contributed by atoms with Crippen molar-refractivity contribution < 1.29 is 9.90 Å². The predicted molar refractivity (Wildman–Crippen MR) is 57.5 cm³/mol. The van der Waals surface area contributed by atoms with Gasteiger partial charge in [0.1, 0.15) is 0 Å². The number of benzene rings is 1. The number of carboxylic acids is 1. The van der Waals surface area contributed by atoms with Crippen LogP contribution < -0.4 is 5.73 Å². The van der Waals surface area contributed by atoms with Gasteiger partial charge in [-0.3, -0.25) is 0 Å². The SMILES string of the molecule is Nc1c(Cl)cc(C=CC(=O)O)cc1Cl. The Labute approximate surface area is 90.7 Å². The molecule has 0 amide bonds. The van der Waals surface area contributed by atoms with E-state index in [1.54, 1.807) is 12.1 Å². The number of nitrogen functional groups attached to an aromatic ring is 1. The molecule has 0 atom stereocenters. The fourth-order valence-corrected chi connectivity index (χ4v) is 1.37. The molecule has 0 aliphatic rings. The fraction of sp³-hybridized carbons (Fsp3) is 0. The zero-order chi connectivity index (χ0) is 10.7. The molecule has 3 N–H and O–H groups in total. The standard InChI is InChI=1S/C9H7Cl2NO2/c10-6-3-5(1-2-8(13)14)4-7(11)9(6)12/h1-4H,12H2,(H,13,14). The average molecular weight is 232 g/mol. The van der Waals surface area contributed by atoms with Crippen LogP contribution in [0, 0.1) is 0 Å². The molecule has 1 aromatic carbocycles. The summed E-state index contributed by atoms with van der Waals surface area (Å²) in [5, 5.41) is 9.01. The van der Waals surface area contributed by atoms with Gasteiger partial charge in [0.25, 0.3) is 0 Å². The lowest BCUT2D eigenvalue weighted by molar-refractivity contribution is -0.131. The van der Waals surface area contributed by atoms with E-state index in [4.69, 9.17) is 34.0 Å². The van der Waals surface area contributed by atoms with Crippen LogP contribution in [0.3, 0.4) is 0 Å². The summed E-state index contributed by atoms with van der Waals surface area (Å²) in [4.78, 5) is 10.2. The molecule has 0 unspecified atom stereocenters. The summed E-state index contributed by atoms with van der Waals surface area (Å²) in [7, 11) is 0. The molecule has 0 fully saturated rings. The van der Waals surface area contributed by atoms with Crippen LogP contribution in [-0.4, -0.2) is 11.1 Å². The minimum absolute atomic E-state index is 0.292. The molecule has 0 spiro atoms. The Balaban J connectivity index is 3.07. The van der Waals surface area contributed by atoms with Gasteiger partial charge < -0.3 is 10.8 Å². The van der Waals surface area contributed by atoms with Gasteiger partial charge in [-0.1, -0.05) is 23.2 Å². The first-order valence-corrected chi connectivity index (χ1v) is 4.42. The fourth-order valence-electron chi connectivity index (χ4n) is 0.868. The number of carbonyl (C=O) groups is 1. The van der Waals surface area contributed by atoms with Gasteiger partial charge in [0.05, 0.1) is 15.7 Å². The van der Waals surface area contributed by atoms with E-state index in [2.05, 4.69) is 0 Å². The largest absolute Gasteiger partial charge is 0.478 e. The van der Waals surface area contributed by atoms with Gasteiger partial charge in [-0.25, -0.2) is 4.79 Å². The molecule has 0 saturated heterocycles. The maximum absolute atomic E-state index is 10.2. The van der Waals surface area contributed by atoms with E-state index in [0.29, 0.717) is 21.3 Å². The highest BCUT2D eigenvalue weighted by Gasteiger charge is 2.02. The number of hydrogen-bond acceptors (Lipinski definition) is 2. The van der Waals surface area contributed by atoms with Crippen molar-refractivity contribution in [3.05, 3.63) is 33.8 Å². The summed E-state index contributed by atoms with van der Waals surface area (Å²) in [6.07, 6.45) is 2.39. The topological polar surface area (TPSA) is 63.3 Å². The van der Waals surface area contributed by atoms with Crippen LogP contribution in [-0.2, 0) is 4.79 Å². The number of hydrogen-bond donors (Lipinski definition) is 2. The van der Waals surface area contributed by atoms with Crippen molar-refractivity contribution in [1.82, 2.24) is 0 Å². The van der Waals surface area contributed by atoms with Gasteiger partial charge in [0.2, 0.25) is 0 Å². The zero-order valence-corrected chi connectivity index (χ0v) is 8.51. The second-order valence-electron chi connectivity index (χ2n) is 2.57. The minimum Gasteiger partial charge on any atom is -0.478 e. The minimum atomic E-state index is -1.03. The van der Waals surface area contributed by atoms with E-state index in [0.717, 1.165) is 6.08 Å². The third-order valence-electron chi connectivity index (χ3n) is 1.52. The third-order valence-corrected chi connectivity index (χ3v) is 2.15. The van der Waals surface area contributed by atoms with E-state index in [1.807, 2.05) is 0 Å². The van der Waals surface area contributed by atoms with Crippen molar-refractivity contribution in [3.8, 4) is 0 Å². The number of nitrogens with two attached hydrogens (primary N) is 1. The summed E-state index contributed by atoms with van der Waals surface area (Å²) in [5.74, 6) is -1.03. The Morgan fingerprint density at radius 1 is 1.36 bits per heavy atom. The Bertz CT molecular complexity index is 379. The Hall–Kier alpha value is -1.19. The molecule has 3 nitrogen and oxygen atoms in total. The molecular weight excluding hydrogens is 225 g/mol. The Morgan fingerprint density at radius 3 is 2.29 bits per heavy atom. The van der Waals surface area contributed by atoms with Gasteiger partial charge >= 0.3 is 5.97 Å². The van der Waals surface area contributed by atoms with Gasteiger partial charge in [-0.15, -0.1) is 0 Å². The van der Waals surface area contributed by atoms with E-state index in [1.165, 1.54) is 6.08 Å². The molecule has 1 rings (SSSR count). The number of rotatable bonds is 2. The summed E-state index contributed by atoms with van der Waals surface area (Å²) in [5.41, 5.74) is 6.39. The van der Waals surface area contributed by atoms with E-state index >= 15 is 0 Å². The van der Waals surface area contributed by atoms with E-state index in [9.17, 15) is 4.79 Å². The van der Waals surface area contributed by atoms with Crippen LogP contribution in [0.4, 0.5) is 5.69 Å². The normalized spacial score (nSPS) is 10.7. The Kier molecular flexibility index (Phi) is 3.38. The van der Waals surface area contributed by atoms with Crippen molar-refractivity contribution in [3.63, 3.8) is 0 Å². The summed E-state index contributed by atoms with van der Waals surface area (Å²) in [6, 6.07) is 3.09. The quantitative estimate of drug-likeness (QED) is 0.608. The van der Waals surface area contributed by atoms with Crippen molar-refractivity contribution in [2.75, 3.05) is 5.73 Å². The number of carboxylic acid groups (broad SMARTS) is 1. The maximum Gasteiger partial charge on any atom is 0.328 e. The smallest absolute Gasteiger partial charge is 0.328 e. The van der Waals surface area contributed by atoms with Crippen LogP contribution in [0.25, 0.3) is 6.08 Å². The second kappa shape index (κ2) is 4.35. The molecular formula is C9H7Cl2NO2. The lowest BCUT2D eigenvalue weighted by Crippen LogP contribution is -1.89. The highest BCUT2D eigenvalue weighted by Crippen LogP contribution is 2.29. The molecule has 0 heterocycles. The van der Waals surface area contributed by atoms with Crippen molar-refractivity contribution in [2.24, 2.45) is 0 Å². The Morgan fingerprint density at radius 2 is 1.86 bits per heavy atom. The zero-order valence-electron chi connectivity index (χ0n) is 7.00. The van der Waals surface area contributed by atoms with Gasteiger partial charge in [-0.2, -0.15) is 0 Å². The van der Waals surface area contributed by atoms with Crippen LogP contribution in [0.2, 0.25) is 10.0 Å². The van der Waals surface area contributed by atoms with E-state index in [-0.39, 0.29) is 0 Å². The molecule has 0 aromatic heterocycles. The number of anilines is 1. The van der Waals surface area contributed by atoms with Crippen LogP contribution >= 0.6 is 23.2 Å². The third kappa shape index (κ3) is 2.65. The highest BCUT2D eigenvalue weighted by molar-refractivity contribution is 6.39. The van der Waals surface area contributed by atoms with Gasteiger partial charge in [0, 0.05) is 6.08 Å². The van der Waals surface area contributed by atoms with Crippen LogP contribution in [0.15, 0.2) is 18.2 Å². The first-order chi connectivity index (χ1) is 6.50.